The molecule has 7 heteroatoms. The molecule has 108 valence electrons. The highest BCUT2D eigenvalue weighted by molar-refractivity contribution is 9.10. The first-order valence-corrected chi connectivity index (χ1v) is 10.2. The third-order valence-electron chi connectivity index (χ3n) is 2.61. The first-order valence-electron chi connectivity index (χ1n) is 5.93. The normalized spacial score (nSPS) is 11.5. The van der Waals surface area contributed by atoms with E-state index in [1.54, 1.807) is 17.5 Å². The molecule has 0 aliphatic carbocycles. The number of nitrogens with one attached hydrogen (secondary N) is 1. The van der Waals surface area contributed by atoms with Gasteiger partial charge in [0.25, 0.3) is 10.0 Å². The van der Waals surface area contributed by atoms with E-state index in [4.69, 9.17) is 0 Å². The Hall–Kier alpha value is -0.370. The van der Waals surface area contributed by atoms with Crippen molar-refractivity contribution in [2.75, 3.05) is 10.1 Å². The maximum Gasteiger partial charge on any atom is 0.272 e. The molecule has 0 atom stereocenters. The second-order valence-electron chi connectivity index (χ2n) is 4.15. The molecule has 1 aromatic heterocycles. The minimum atomic E-state index is -3.53. The van der Waals surface area contributed by atoms with E-state index in [9.17, 15) is 8.42 Å². The number of aryl methyl sites for hydroxylation is 1. The predicted octanol–water partition coefficient (Wildman–Crippen LogP) is 4.64. The average molecular weight is 439 g/mol. The van der Waals surface area contributed by atoms with Crippen molar-refractivity contribution in [3.63, 3.8) is 0 Å². The number of sulfonamides is 1. The summed E-state index contributed by atoms with van der Waals surface area (Å²) in [6, 6.07) is 9.23. The Morgan fingerprint density at radius 3 is 2.70 bits per heavy atom. The van der Waals surface area contributed by atoms with E-state index < -0.39 is 10.0 Å². The van der Waals surface area contributed by atoms with Crippen LogP contribution in [0.15, 0.2) is 44.4 Å². The van der Waals surface area contributed by atoms with Gasteiger partial charge in [-0.05, 0) is 57.9 Å². The number of alkyl halides is 1. The monoisotopic (exact) mass is 437 g/mol. The molecular formula is C13H13Br2NO2S2. The van der Waals surface area contributed by atoms with E-state index in [-0.39, 0.29) is 0 Å². The number of benzene rings is 1. The fourth-order valence-corrected chi connectivity index (χ4v) is 5.40. The fraction of sp³-hybridized carbons (Fsp3) is 0.231. The van der Waals surface area contributed by atoms with Crippen molar-refractivity contribution in [1.29, 1.82) is 0 Å². The summed E-state index contributed by atoms with van der Waals surface area (Å²) < 4.78 is 28.0. The molecule has 1 heterocycles. The second-order valence-corrected chi connectivity index (χ2v) is 8.60. The van der Waals surface area contributed by atoms with Crippen LogP contribution in [0.25, 0.3) is 0 Å². The topological polar surface area (TPSA) is 46.2 Å². The van der Waals surface area contributed by atoms with Gasteiger partial charge in [-0.2, -0.15) is 0 Å². The molecule has 2 rings (SSSR count). The summed E-state index contributed by atoms with van der Waals surface area (Å²) in [7, 11) is -3.53. The predicted molar refractivity (Wildman–Crippen MR) is 91.4 cm³/mol. The summed E-state index contributed by atoms with van der Waals surface area (Å²) in [5.74, 6) is 0. The molecule has 2 aromatic rings. The van der Waals surface area contributed by atoms with Gasteiger partial charge in [0.2, 0.25) is 0 Å². The van der Waals surface area contributed by atoms with Crippen LogP contribution < -0.4 is 4.72 Å². The Labute approximate surface area is 139 Å². The van der Waals surface area contributed by atoms with Crippen LogP contribution in [0.1, 0.15) is 12.0 Å². The summed E-state index contributed by atoms with van der Waals surface area (Å²) in [5, 5.41) is 2.68. The zero-order valence-corrected chi connectivity index (χ0v) is 15.3. The van der Waals surface area contributed by atoms with Gasteiger partial charge in [-0.3, -0.25) is 4.72 Å². The molecule has 3 nitrogen and oxygen atoms in total. The lowest BCUT2D eigenvalue weighted by Crippen LogP contribution is -2.12. The molecule has 1 N–H and O–H groups in total. The highest BCUT2D eigenvalue weighted by atomic mass is 79.9. The van der Waals surface area contributed by atoms with Crippen LogP contribution in [0.5, 0.6) is 0 Å². The number of rotatable bonds is 6. The molecule has 0 unspecified atom stereocenters. The molecule has 0 amide bonds. The molecule has 1 aromatic carbocycles. The highest BCUT2D eigenvalue weighted by Gasteiger charge is 2.19. The Morgan fingerprint density at radius 2 is 2.05 bits per heavy atom. The number of hydrogen-bond acceptors (Lipinski definition) is 3. The lowest BCUT2D eigenvalue weighted by Gasteiger charge is -2.08. The molecule has 0 saturated heterocycles. The summed E-state index contributed by atoms with van der Waals surface area (Å²) in [6.45, 7) is 0. The van der Waals surface area contributed by atoms with Gasteiger partial charge in [0.1, 0.15) is 0 Å². The van der Waals surface area contributed by atoms with Crippen molar-refractivity contribution in [1.82, 2.24) is 0 Å². The molecule has 0 fully saturated rings. The summed E-state index contributed by atoms with van der Waals surface area (Å²) in [6.07, 6.45) is 1.94. The van der Waals surface area contributed by atoms with Crippen molar-refractivity contribution in [2.45, 2.75) is 17.1 Å². The van der Waals surface area contributed by atoms with Crippen LogP contribution in [0.2, 0.25) is 0 Å². The minimum absolute atomic E-state index is 0.295. The van der Waals surface area contributed by atoms with Crippen molar-refractivity contribution >= 4 is 58.9 Å². The molecule has 20 heavy (non-hydrogen) atoms. The fourth-order valence-electron chi connectivity index (χ4n) is 1.73. The molecule has 0 bridgehead atoms. The van der Waals surface area contributed by atoms with Crippen LogP contribution in [-0.4, -0.2) is 13.7 Å². The minimum Gasteiger partial charge on any atom is -0.279 e. The van der Waals surface area contributed by atoms with Gasteiger partial charge < -0.3 is 0 Å². The number of thiophene rings is 1. The maximum atomic E-state index is 12.3. The first-order chi connectivity index (χ1) is 9.53. The van der Waals surface area contributed by atoms with Gasteiger partial charge in [-0.1, -0.05) is 28.1 Å². The van der Waals surface area contributed by atoms with E-state index in [1.165, 1.54) is 11.3 Å². The van der Waals surface area contributed by atoms with E-state index in [2.05, 4.69) is 36.6 Å². The molecular weight excluding hydrogens is 426 g/mol. The van der Waals surface area contributed by atoms with Gasteiger partial charge in [-0.25, -0.2) is 8.42 Å². The lowest BCUT2D eigenvalue weighted by molar-refractivity contribution is 0.603. The third-order valence-corrected chi connectivity index (χ3v) is 7.22. The Kier molecular flexibility index (Phi) is 5.65. The van der Waals surface area contributed by atoms with E-state index in [0.717, 1.165) is 23.7 Å². The van der Waals surface area contributed by atoms with Crippen LogP contribution in [0, 0.1) is 0 Å². The van der Waals surface area contributed by atoms with Gasteiger partial charge in [-0.15, -0.1) is 11.3 Å². The number of halogens is 2. The molecule has 0 radical (unpaired) electrons. The van der Waals surface area contributed by atoms with Crippen molar-refractivity contribution < 1.29 is 8.42 Å². The molecule has 0 spiro atoms. The molecule has 0 aliphatic rings. The summed E-state index contributed by atoms with van der Waals surface area (Å²) in [4.78, 5) is 0. The summed E-state index contributed by atoms with van der Waals surface area (Å²) in [5.41, 5.74) is 1.72. The number of hydrogen-bond donors (Lipinski definition) is 1. The number of anilines is 1. The zero-order valence-electron chi connectivity index (χ0n) is 10.5. The Bertz CT molecular complexity index is 683. The van der Waals surface area contributed by atoms with Gasteiger partial charge >= 0.3 is 0 Å². The standard InChI is InChI=1S/C13H13Br2NO2S2/c14-7-2-4-10-3-1-5-11(9-10)16-20(17,18)13-12(15)6-8-19-13/h1,3,5-6,8-9,16H,2,4,7H2. The summed E-state index contributed by atoms with van der Waals surface area (Å²) >= 11 is 7.83. The van der Waals surface area contributed by atoms with Gasteiger partial charge in [0, 0.05) is 15.5 Å². The molecule has 0 saturated carbocycles. The van der Waals surface area contributed by atoms with Crippen molar-refractivity contribution in [2.24, 2.45) is 0 Å². The maximum absolute atomic E-state index is 12.3. The van der Waals surface area contributed by atoms with Crippen LogP contribution >= 0.6 is 43.2 Å². The van der Waals surface area contributed by atoms with Crippen LogP contribution in [0.4, 0.5) is 5.69 Å². The smallest absolute Gasteiger partial charge is 0.272 e. The van der Waals surface area contributed by atoms with Gasteiger partial charge in [0.15, 0.2) is 4.21 Å². The average Bonchev–Trinajstić information content (AvgIpc) is 2.83. The van der Waals surface area contributed by atoms with Crippen LogP contribution in [0.3, 0.4) is 0 Å². The SMILES string of the molecule is O=S(=O)(Nc1cccc(CCCBr)c1)c1sccc1Br. The highest BCUT2D eigenvalue weighted by Crippen LogP contribution is 2.29. The lowest BCUT2D eigenvalue weighted by atomic mass is 10.1. The zero-order chi connectivity index (χ0) is 14.6. The van der Waals surface area contributed by atoms with E-state index >= 15 is 0 Å². The third kappa shape index (κ3) is 4.07. The Balaban J connectivity index is 2.19. The second kappa shape index (κ2) is 7.06. The van der Waals surface area contributed by atoms with E-state index in [0.29, 0.717) is 14.4 Å². The van der Waals surface area contributed by atoms with Crippen LogP contribution in [-0.2, 0) is 16.4 Å². The first kappa shape index (κ1) is 16.0. The Morgan fingerprint density at radius 1 is 1.25 bits per heavy atom. The van der Waals surface area contributed by atoms with Crippen molar-refractivity contribution in [3.05, 3.63) is 45.7 Å². The quantitative estimate of drug-likeness (QED) is 0.667. The van der Waals surface area contributed by atoms with Gasteiger partial charge in [0.05, 0.1) is 0 Å². The largest absolute Gasteiger partial charge is 0.279 e. The van der Waals surface area contributed by atoms with E-state index in [1.807, 2.05) is 18.2 Å². The molecule has 0 aliphatic heterocycles. The van der Waals surface area contributed by atoms with Crippen molar-refractivity contribution in [3.8, 4) is 0 Å².